The summed E-state index contributed by atoms with van der Waals surface area (Å²) >= 11 is 0. The molecule has 0 amide bonds. The Labute approximate surface area is 106 Å². The summed E-state index contributed by atoms with van der Waals surface area (Å²) in [6, 6.07) is 4.35. The van der Waals surface area contributed by atoms with Gasteiger partial charge in [-0.15, -0.1) is 8.78 Å². The molecule has 0 atom stereocenters. The fourth-order valence-electron chi connectivity index (χ4n) is 1.77. The zero-order valence-corrected chi connectivity index (χ0v) is 9.85. The molecule has 0 bridgehead atoms. The van der Waals surface area contributed by atoms with E-state index in [-0.39, 0.29) is 11.5 Å². The molecule has 2 aromatic rings. The highest BCUT2D eigenvalue weighted by Crippen LogP contribution is 2.42. The van der Waals surface area contributed by atoms with Gasteiger partial charge in [0.1, 0.15) is 0 Å². The molecule has 0 aliphatic carbocycles. The predicted molar refractivity (Wildman–Crippen MR) is 63.5 cm³/mol. The van der Waals surface area contributed by atoms with Gasteiger partial charge in [-0.05, 0) is 12.1 Å². The van der Waals surface area contributed by atoms with Crippen LogP contribution in [0.5, 0.6) is 11.5 Å². The number of alkyl halides is 2. The van der Waals surface area contributed by atoms with Crippen LogP contribution in [0.2, 0.25) is 0 Å². The lowest BCUT2D eigenvalue weighted by Crippen LogP contribution is -2.25. The minimum absolute atomic E-state index is 0.00968. The van der Waals surface area contributed by atoms with E-state index in [4.69, 9.17) is 5.73 Å². The summed E-state index contributed by atoms with van der Waals surface area (Å²) in [6.45, 7) is 0. The van der Waals surface area contributed by atoms with E-state index in [2.05, 4.69) is 19.9 Å². The monoisotopic (exact) mass is 268 g/mol. The third kappa shape index (κ3) is 2.12. The Kier molecular flexibility index (Phi) is 2.28. The minimum Gasteiger partial charge on any atom is -0.395 e. The maximum atomic E-state index is 12.9. The third-order valence-corrected chi connectivity index (χ3v) is 2.52. The number of hydrogen-bond donors (Lipinski definition) is 2. The van der Waals surface area contributed by atoms with Crippen LogP contribution in [0.15, 0.2) is 24.4 Å². The zero-order valence-electron chi connectivity index (χ0n) is 9.85. The number of nitrogens with one attached hydrogen (secondary N) is 1. The number of nitrogen functional groups attached to an aromatic ring is 1. The molecule has 0 unspecified atom stereocenters. The number of anilines is 3. The summed E-state index contributed by atoms with van der Waals surface area (Å²) in [5, 5.41) is 7.00. The predicted octanol–water partition coefficient (Wildman–Crippen LogP) is 2.07. The first kappa shape index (κ1) is 11.6. The van der Waals surface area contributed by atoms with Crippen LogP contribution in [0.4, 0.5) is 26.0 Å². The highest BCUT2D eigenvalue weighted by Gasteiger charge is 2.43. The van der Waals surface area contributed by atoms with Crippen LogP contribution in [-0.4, -0.2) is 16.1 Å². The van der Waals surface area contributed by atoms with Gasteiger partial charge in [-0.3, -0.25) is 4.68 Å². The Bertz CT molecular complexity index is 642. The molecule has 3 rings (SSSR count). The van der Waals surface area contributed by atoms with Crippen molar-refractivity contribution in [3.63, 3.8) is 0 Å². The average molecular weight is 268 g/mol. The van der Waals surface area contributed by atoms with E-state index in [1.54, 1.807) is 24.0 Å². The molecule has 1 aromatic carbocycles. The molecule has 3 N–H and O–H groups in total. The summed E-state index contributed by atoms with van der Waals surface area (Å²) in [4.78, 5) is 0. The molecule has 8 heteroatoms. The number of hydrogen-bond acceptors (Lipinski definition) is 5. The van der Waals surface area contributed by atoms with Gasteiger partial charge in [0.25, 0.3) is 0 Å². The second-order valence-corrected chi connectivity index (χ2v) is 4.06. The fraction of sp³-hybridized carbons (Fsp3) is 0.182. The van der Waals surface area contributed by atoms with Gasteiger partial charge in [0.05, 0.1) is 5.69 Å². The van der Waals surface area contributed by atoms with Gasteiger partial charge >= 0.3 is 6.29 Å². The molecule has 1 aliphatic rings. The van der Waals surface area contributed by atoms with E-state index in [0.29, 0.717) is 17.2 Å². The zero-order chi connectivity index (χ0) is 13.6. The van der Waals surface area contributed by atoms with Crippen LogP contribution in [0.1, 0.15) is 0 Å². The van der Waals surface area contributed by atoms with Crippen molar-refractivity contribution >= 4 is 17.2 Å². The highest BCUT2D eigenvalue weighted by atomic mass is 19.3. The summed E-state index contributed by atoms with van der Waals surface area (Å²) in [7, 11) is 1.72. The van der Waals surface area contributed by atoms with Gasteiger partial charge in [0.2, 0.25) is 0 Å². The molecule has 2 heterocycles. The smallest absolute Gasteiger partial charge is 0.395 e. The number of aryl methyl sites for hydroxylation is 1. The van der Waals surface area contributed by atoms with E-state index in [1.807, 2.05) is 0 Å². The summed E-state index contributed by atoms with van der Waals surface area (Å²) in [5.41, 5.74) is 6.69. The molecular weight excluding hydrogens is 258 g/mol. The van der Waals surface area contributed by atoms with Crippen LogP contribution in [0.3, 0.4) is 0 Å². The van der Waals surface area contributed by atoms with Gasteiger partial charge in [0, 0.05) is 25.0 Å². The Morgan fingerprint density at radius 3 is 2.74 bits per heavy atom. The van der Waals surface area contributed by atoms with Crippen molar-refractivity contribution < 1.29 is 18.3 Å². The van der Waals surface area contributed by atoms with Crippen molar-refractivity contribution in [3.8, 4) is 11.5 Å². The van der Waals surface area contributed by atoms with E-state index < -0.39 is 6.29 Å². The van der Waals surface area contributed by atoms with Crippen LogP contribution in [-0.2, 0) is 7.05 Å². The Morgan fingerprint density at radius 1 is 1.32 bits per heavy atom. The molecule has 0 fully saturated rings. The van der Waals surface area contributed by atoms with Crippen molar-refractivity contribution in [2.45, 2.75) is 6.29 Å². The number of nitrogens with two attached hydrogens (primary N) is 1. The Balaban J connectivity index is 1.86. The number of ether oxygens (including phenoxy) is 2. The highest BCUT2D eigenvalue weighted by molar-refractivity contribution is 5.69. The van der Waals surface area contributed by atoms with Crippen molar-refractivity contribution in [2.75, 3.05) is 11.1 Å². The molecule has 0 spiro atoms. The Morgan fingerprint density at radius 2 is 2.05 bits per heavy atom. The molecular formula is C11H10F2N4O2. The molecule has 1 aromatic heterocycles. The van der Waals surface area contributed by atoms with E-state index >= 15 is 0 Å². The average Bonchev–Trinajstić information content (AvgIpc) is 2.76. The molecule has 1 aliphatic heterocycles. The molecule has 0 saturated heterocycles. The van der Waals surface area contributed by atoms with Crippen LogP contribution >= 0.6 is 0 Å². The fourth-order valence-corrected chi connectivity index (χ4v) is 1.77. The lowest BCUT2D eigenvalue weighted by atomic mass is 10.3. The number of aromatic nitrogens is 2. The first-order valence-corrected chi connectivity index (χ1v) is 5.39. The maximum absolute atomic E-state index is 12.9. The second kappa shape index (κ2) is 3.74. The largest absolute Gasteiger partial charge is 0.586 e. The van der Waals surface area contributed by atoms with Gasteiger partial charge in [-0.1, -0.05) is 0 Å². The molecule has 0 saturated carbocycles. The molecule has 6 nitrogen and oxygen atoms in total. The van der Waals surface area contributed by atoms with Crippen LogP contribution < -0.4 is 20.5 Å². The number of halogens is 2. The number of fused-ring (bicyclic) bond motifs is 1. The lowest BCUT2D eigenvalue weighted by Gasteiger charge is -2.05. The third-order valence-electron chi connectivity index (χ3n) is 2.52. The van der Waals surface area contributed by atoms with Crippen molar-refractivity contribution in [1.82, 2.24) is 9.78 Å². The minimum atomic E-state index is -3.62. The number of benzene rings is 1. The second-order valence-electron chi connectivity index (χ2n) is 4.06. The lowest BCUT2D eigenvalue weighted by molar-refractivity contribution is -0.286. The molecule has 0 radical (unpaired) electrons. The normalized spacial score (nSPS) is 15.5. The van der Waals surface area contributed by atoms with Crippen LogP contribution in [0.25, 0.3) is 0 Å². The summed E-state index contributed by atoms with van der Waals surface area (Å²) in [5.74, 6) is 0.391. The Hall–Kier alpha value is -2.51. The standard InChI is InChI=1S/C11H10F2N4O2/c1-17-5-7(14)10(16-17)15-6-2-3-8-9(4-6)19-11(12,13)18-8/h2-5H,14H2,1H3,(H,15,16). The van der Waals surface area contributed by atoms with Gasteiger partial charge in [0.15, 0.2) is 17.3 Å². The van der Waals surface area contributed by atoms with E-state index in [9.17, 15) is 8.78 Å². The van der Waals surface area contributed by atoms with Crippen molar-refractivity contribution in [3.05, 3.63) is 24.4 Å². The van der Waals surface area contributed by atoms with Crippen molar-refractivity contribution in [1.29, 1.82) is 0 Å². The van der Waals surface area contributed by atoms with Gasteiger partial charge < -0.3 is 20.5 Å². The number of nitrogens with zero attached hydrogens (tertiary/aromatic N) is 2. The summed E-state index contributed by atoms with van der Waals surface area (Å²) in [6.07, 6.45) is -1.99. The van der Waals surface area contributed by atoms with Gasteiger partial charge in [-0.2, -0.15) is 5.10 Å². The first-order chi connectivity index (χ1) is 8.93. The molecule has 19 heavy (non-hydrogen) atoms. The quantitative estimate of drug-likeness (QED) is 0.872. The SMILES string of the molecule is Cn1cc(N)c(Nc2ccc3c(c2)OC(F)(F)O3)n1. The maximum Gasteiger partial charge on any atom is 0.586 e. The summed E-state index contributed by atoms with van der Waals surface area (Å²) < 4.78 is 35.9. The van der Waals surface area contributed by atoms with E-state index in [1.165, 1.54) is 12.1 Å². The molecule has 100 valence electrons. The number of rotatable bonds is 2. The van der Waals surface area contributed by atoms with Crippen LogP contribution in [0, 0.1) is 0 Å². The van der Waals surface area contributed by atoms with E-state index in [0.717, 1.165) is 0 Å². The van der Waals surface area contributed by atoms with Crippen molar-refractivity contribution in [2.24, 2.45) is 7.05 Å². The van der Waals surface area contributed by atoms with Gasteiger partial charge in [-0.25, -0.2) is 0 Å². The topological polar surface area (TPSA) is 74.3 Å². The first-order valence-electron chi connectivity index (χ1n) is 5.39.